The summed E-state index contributed by atoms with van der Waals surface area (Å²) in [7, 11) is 0. The topological polar surface area (TPSA) is 121 Å². The molecule has 2 N–H and O–H groups in total. The molecule has 0 saturated carbocycles. The summed E-state index contributed by atoms with van der Waals surface area (Å²) in [6.07, 6.45) is 1.90. The van der Waals surface area contributed by atoms with Gasteiger partial charge in [0.05, 0.1) is 23.7 Å². The van der Waals surface area contributed by atoms with E-state index in [-0.39, 0.29) is 30.3 Å². The normalized spacial score (nSPS) is 9.89. The number of nitrogens with zero attached hydrogens (tertiary/aromatic N) is 3. The van der Waals surface area contributed by atoms with E-state index in [2.05, 4.69) is 10.3 Å². The number of nitro groups is 1. The number of pyridine rings is 1. The van der Waals surface area contributed by atoms with E-state index in [0.717, 1.165) is 0 Å². The SMILES string of the molecule is N#Cc1cnc(NCCCOCCO)c([N+](=O)[O-])c1. The highest BCUT2D eigenvalue weighted by molar-refractivity contribution is 5.58. The fourth-order valence-electron chi connectivity index (χ4n) is 1.34. The van der Waals surface area contributed by atoms with Gasteiger partial charge >= 0.3 is 5.69 Å². The van der Waals surface area contributed by atoms with Crippen LogP contribution >= 0.6 is 0 Å². The van der Waals surface area contributed by atoms with Crippen LogP contribution in [0.25, 0.3) is 0 Å². The maximum atomic E-state index is 10.8. The van der Waals surface area contributed by atoms with E-state index in [0.29, 0.717) is 19.6 Å². The molecule has 0 aliphatic rings. The predicted molar refractivity (Wildman–Crippen MR) is 66.6 cm³/mol. The van der Waals surface area contributed by atoms with Crippen molar-refractivity contribution in [1.29, 1.82) is 5.26 Å². The van der Waals surface area contributed by atoms with Gasteiger partial charge < -0.3 is 15.2 Å². The third kappa shape index (κ3) is 4.87. The fraction of sp³-hybridized carbons (Fsp3) is 0.455. The number of aliphatic hydroxyl groups is 1. The van der Waals surface area contributed by atoms with E-state index < -0.39 is 4.92 Å². The van der Waals surface area contributed by atoms with Gasteiger partial charge in [-0.05, 0) is 6.42 Å². The molecule has 0 unspecified atom stereocenters. The zero-order chi connectivity index (χ0) is 14.1. The third-order valence-electron chi connectivity index (χ3n) is 2.19. The molecule has 0 aliphatic carbocycles. The van der Waals surface area contributed by atoms with E-state index >= 15 is 0 Å². The second-order valence-corrected chi connectivity index (χ2v) is 3.58. The maximum Gasteiger partial charge on any atom is 0.312 e. The molecule has 8 heteroatoms. The van der Waals surface area contributed by atoms with Crippen LogP contribution in [0, 0.1) is 21.4 Å². The molecule has 0 fully saturated rings. The standard InChI is InChI=1S/C11H14N4O4/c12-7-9-6-10(15(17)18)11(14-8-9)13-2-1-4-19-5-3-16/h6,8,16H,1-5H2,(H,13,14). The van der Waals surface area contributed by atoms with Crippen molar-refractivity contribution in [2.45, 2.75) is 6.42 Å². The van der Waals surface area contributed by atoms with Crippen LogP contribution in [0.3, 0.4) is 0 Å². The second-order valence-electron chi connectivity index (χ2n) is 3.58. The Kier molecular flexibility index (Phi) is 6.21. The molecule has 0 radical (unpaired) electrons. The smallest absolute Gasteiger partial charge is 0.312 e. The molecule has 19 heavy (non-hydrogen) atoms. The zero-order valence-electron chi connectivity index (χ0n) is 10.2. The van der Waals surface area contributed by atoms with Gasteiger partial charge in [0.15, 0.2) is 0 Å². The second kappa shape index (κ2) is 7.97. The van der Waals surface area contributed by atoms with Crippen LogP contribution in [0.1, 0.15) is 12.0 Å². The summed E-state index contributed by atoms with van der Waals surface area (Å²) < 4.78 is 5.05. The highest BCUT2D eigenvalue weighted by Gasteiger charge is 2.15. The van der Waals surface area contributed by atoms with Crippen molar-refractivity contribution in [3.8, 4) is 6.07 Å². The lowest BCUT2D eigenvalue weighted by Gasteiger charge is -2.06. The zero-order valence-corrected chi connectivity index (χ0v) is 10.2. The largest absolute Gasteiger partial charge is 0.394 e. The average molecular weight is 266 g/mol. The number of anilines is 1. The van der Waals surface area contributed by atoms with E-state index in [4.69, 9.17) is 15.1 Å². The summed E-state index contributed by atoms with van der Waals surface area (Å²) in [5, 5.41) is 30.8. The monoisotopic (exact) mass is 266 g/mol. The van der Waals surface area contributed by atoms with Gasteiger partial charge in [-0.25, -0.2) is 4.98 Å². The Balaban J connectivity index is 2.53. The van der Waals surface area contributed by atoms with Crippen LogP contribution in [-0.4, -0.2) is 41.4 Å². The van der Waals surface area contributed by atoms with Crippen molar-refractivity contribution in [2.75, 3.05) is 31.7 Å². The number of hydrogen-bond acceptors (Lipinski definition) is 7. The van der Waals surface area contributed by atoms with Crippen LogP contribution in [0.4, 0.5) is 11.5 Å². The average Bonchev–Trinajstić information content (AvgIpc) is 2.42. The molecule has 0 bridgehead atoms. The van der Waals surface area contributed by atoms with Gasteiger partial charge in [-0.2, -0.15) is 5.26 Å². The van der Waals surface area contributed by atoms with Crippen molar-refractivity contribution in [3.05, 3.63) is 27.9 Å². The minimum atomic E-state index is -0.585. The van der Waals surface area contributed by atoms with E-state index in [1.165, 1.54) is 12.3 Å². The number of aliphatic hydroxyl groups excluding tert-OH is 1. The summed E-state index contributed by atoms with van der Waals surface area (Å²) in [6.45, 7) is 1.13. The Morgan fingerprint density at radius 1 is 1.58 bits per heavy atom. The summed E-state index contributed by atoms with van der Waals surface area (Å²) in [5.74, 6) is 0.131. The lowest BCUT2D eigenvalue weighted by molar-refractivity contribution is -0.384. The highest BCUT2D eigenvalue weighted by Crippen LogP contribution is 2.22. The summed E-state index contributed by atoms with van der Waals surface area (Å²) in [5.41, 5.74) is -0.0844. The van der Waals surface area contributed by atoms with Crippen molar-refractivity contribution < 1.29 is 14.8 Å². The Morgan fingerprint density at radius 3 is 3.00 bits per heavy atom. The molecular formula is C11H14N4O4. The number of rotatable bonds is 8. The molecule has 0 spiro atoms. The number of hydrogen-bond donors (Lipinski definition) is 2. The van der Waals surface area contributed by atoms with Gasteiger partial charge in [0.25, 0.3) is 0 Å². The third-order valence-corrected chi connectivity index (χ3v) is 2.19. The minimum absolute atomic E-state index is 0.0317. The molecule has 1 rings (SSSR count). The van der Waals surface area contributed by atoms with Crippen molar-refractivity contribution in [2.24, 2.45) is 0 Å². The first kappa shape index (κ1) is 14.8. The lowest BCUT2D eigenvalue weighted by Crippen LogP contribution is -2.10. The van der Waals surface area contributed by atoms with Crippen LogP contribution in [0.5, 0.6) is 0 Å². The Hall–Kier alpha value is -2.24. The van der Waals surface area contributed by atoms with E-state index in [1.54, 1.807) is 6.07 Å². The molecule has 0 aromatic carbocycles. The van der Waals surface area contributed by atoms with Gasteiger partial charge in [-0.15, -0.1) is 0 Å². The van der Waals surface area contributed by atoms with Crippen LogP contribution < -0.4 is 5.32 Å². The number of ether oxygens (including phenoxy) is 1. The van der Waals surface area contributed by atoms with Crippen molar-refractivity contribution in [1.82, 2.24) is 4.98 Å². The van der Waals surface area contributed by atoms with Crippen LogP contribution in [0.2, 0.25) is 0 Å². The predicted octanol–water partition coefficient (Wildman–Crippen LogP) is 0.672. The quantitative estimate of drug-likeness (QED) is 0.403. The van der Waals surface area contributed by atoms with E-state index in [9.17, 15) is 10.1 Å². The summed E-state index contributed by atoms with van der Waals surface area (Å²) >= 11 is 0. The van der Waals surface area contributed by atoms with Gasteiger partial charge in [-0.1, -0.05) is 0 Å². The molecule has 102 valence electrons. The van der Waals surface area contributed by atoms with Gasteiger partial charge in [-0.3, -0.25) is 10.1 Å². The minimum Gasteiger partial charge on any atom is -0.394 e. The molecular weight excluding hydrogens is 252 g/mol. The Bertz CT molecular complexity index is 472. The molecule has 1 aromatic heterocycles. The van der Waals surface area contributed by atoms with Crippen molar-refractivity contribution >= 4 is 11.5 Å². The van der Waals surface area contributed by atoms with Crippen LogP contribution in [0.15, 0.2) is 12.3 Å². The molecule has 8 nitrogen and oxygen atoms in total. The first-order chi connectivity index (χ1) is 9.19. The first-order valence-corrected chi connectivity index (χ1v) is 5.66. The van der Waals surface area contributed by atoms with Gasteiger partial charge in [0.1, 0.15) is 6.07 Å². The molecule has 0 amide bonds. The number of nitrogens with one attached hydrogen (secondary N) is 1. The highest BCUT2D eigenvalue weighted by atomic mass is 16.6. The molecule has 0 saturated heterocycles. The maximum absolute atomic E-state index is 10.8. The van der Waals surface area contributed by atoms with Crippen LogP contribution in [-0.2, 0) is 4.74 Å². The first-order valence-electron chi connectivity index (χ1n) is 5.66. The lowest BCUT2D eigenvalue weighted by atomic mass is 10.2. The molecule has 0 atom stereocenters. The van der Waals surface area contributed by atoms with Gasteiger partial charge in [0.2, 0.25) is 5.82 Å². The molecule has 1 heterocycles. The molecule has 1 aromatic rings. The number of nitriles is 1. The van der Waals surface area contributed by atoms with Gasteiger partial charge in [0, 0.05) is 25.4 Å². The summed E-state index contributed by atoms with van der Waals surface area (Å²) in [4.78, 5) is 14.1. The fourth-order valence-corrected chi connectivity index (χ4v) is 1.34. The molecule has 0 aliphatic heterocycles. The Morgan fingerprint density at radius 2 is 2.37 bits per heavy atom. The number of aromatic nitrogens is 1. The van der Waals surface area contributed by atoms with E-state index in [1.807, 2.05) is 0 Å². The van der Waals surface area contributed by atoms with Crippen molar-refractivity contribution in [3.63, 3.8) is 0 Å². The Labute approximate surface area is 109 Å². The summed E-state index contributed by atoms with van der Waals surface area (Å²) in [6, 6.07) is 2.98.